The van der Waals surface area contributed by atoms with Crippen LogP contribution in [0.15, 0.2) is 22.7 Å². The molecule has 0 aromatic heterocycles. The van der Waals surface area contributed by atoms with Crippen molar-refractivity contribution in [3.63, 3.8) is 0 Å². The Labute approximate surface area is 89.2 Å². The predicted octanol–water partition coefficient (Wildman–Crippen LogP) is 3.07. The van der Waals surface area contributed by atoms with Crippen LogP contribution < -0.4 is 10.5 Å². The van der Waals surface area contributed by atoms with Gasteiger partial charge in [-0.25, -0.2) is 8.78 Å². The molecule has 0 heterocycles. The van der Waals surface area contributed by atoms with E-state index in [-0.39, 0.29) is 0 Å². The Hall–Kier alpha value is -0.840. The van der Waals surface area contributed by atoms with Crippen LogP contribution in [0.3, 0.4) is 0 Å². The van der Waals surface area contributed by atoms with Gasteiger partial charge in [0.2, 0.25) is 0 Å². The van der Waals surface area contributed by atoms with Crippen molar-refractivity contribution in [1.29, 1.82) is 0 Å². The molecule has 0 atom stereocenters. The minimum absolute atomic E-state index is 0.325. The maximum atomic E-state index is 12.5. The minimum Gasteiger partial charge on any atom is -0.486 e. The molecule has 1 aromatic carbocycles. The number of anilines is 1. The highest BCUT2D eigenvalue weighted by Gasteiger charge is 2.22. The fraction of sp³-hybridized carbons (Fsp3) is 0.333. The summed E-state index contributed by atoms with van der Waals surface area (Å²) >= 11 is 3.17. The lowest BCUT2D eigenvalue weighted by atomic mass is 10.3. The van der Waals surface area contributed by atoms with Crippen LogP contribution in [-0.4, -0.2) is 12.5 Å². The molecule has 0 unspecified atom stereocenters. The van der Waals surface area contributed by atoms with Crippen molar-refractivity contribution in [1.82, 2.24) is 0 Å². The highest BCUT2D eigenvalue weighted by atomic mass is 79.9. The molecule has 0 bridgehead atoms. The second-order valence-electron chi connectivity index (χ2n) is 3.05. The molecule has 1 rings (SSSR count). The summed E-state index contributed by atoms with van der Waals surface area (Å²) in [5.74, 6) is -2.52. The van der Waals surface area contributed by atoms with Gasteiger partial charge >= 0.3 is 0 Å². The molecule has 0 radical (unpaired) electrons. The maximum absolute atomic E-state index is 12.5. The molecule has 0 spiro atoms. The Morgan fingerprint density at radius 2 is 2.14 bits per heavy atom. The van der Waals surface area contributed by atoms with Gasteiger partial charge in [-0.2, -0.15) is 0 Å². The van der Waals surface area contributed by atoms with E-state index >= 15 is 0 Å². The molecule has 0 saturated heterocycles. The molecular formula is C9H10BrF2NO. The number of hydrogen-bond acceptors (Lipinski definition) is 2. The topological polar surface area (TPSA) is 35.2 Å². The molecule has 1 aromatic rings. The fourth-order valence-electron chi connectivity index (χ4n) is 0.835. The third kappa shape index (κ3) is 3.49. The predicted molar refractivity (Wildman–Crippen MR) is 54.7 cm³/mol. The molecule has 14 heavy (non-hydrogen) atoms. The van der Waals surface area contributed by atoms with E-state index in [1.807, 2.05) is 0 Å². The Kier molecular flexibility index (Phi) is 3.31. The minimum atomic E-state index is -2.84. The highest BCUT2D eigenvalue weighted by molar-refractivity contribution is 9.10. The van der Waals surface area contributed by atoms with Gasteiger partial charge in [0.05, 0.1) is 4.47 Å². The van der Waals surface area contributed by atoms with Crippen molar-refractivity contribution in [2.45, 2.75) is 12.8 Å². The zero-order valence-electron chi connectivity index (χ0n) is 7.56. The van der Waals surface area contributed by atoms with E-state index < -0.39 is 12.5 Å². The van der Waals surface area contributed by atoms with Crippen LogP contribution in [0.5, 0.6) is 5.75 Å². The normalized spacial score (nSPS) is 11.4. The summed E-state index contributed by atoms with van der Waals surface area (Å²) in [6.45, 7) is 0.141. The largest absolute Gasteiger partial charge is 0.486 e. The average Bonchev–Trinajstić information content (AvgIpc) is 2.05. The molecule has 0 amide bonds. The second-order valence-corrected chi connectivity index (χ2v) is 3.90. The van der Waals surface area contributed by atoms with Gasteiger partial charge in [0.1, 0.15) is 5.75 Å². The van der Waals surface area contributed by atoms with Gasteiger partial charge in [-0.05, 0) is 28.1 Å². The van der Waals surface area contributed by atoms with Gasteiger partial charge in [-0.1, -0.05) is 0 Å². The third-order valence-electron chi connectivity index (χ3n) is 1.44. The SMILES string of the molecule is CC(F)(F)COc1cc(N)ccc1Br. The molecule has 0 aliphatic carbocycles. The van der Waals surface area contributed by atoms with Crippen LogP contribution in [0.4, 0.5) is 14.5 Å². The van der Waals surface area contributed by atoms with Gasteiger partial charge in [0.15, 0.2) is 6.61 Å². The van der Waals surface area contributed by atoms with E-state index in [4.69, 9.17) is 10.5 Å². The van der Waals surface area contributed by atoms with Gasteiger partial charge in [-0.3, -0.25) is 0 Å². The lowest BCUT2D eigenvalue weighted by Crippen LogP contribution is -2.21. The molecule has 5 heteroatoms. The Morgan fingerprint density at radius 1 is 1.50 bits per heavy atom. The first-order valence-electron chi connectivity index (χ1n) is 3.94. The molecule has 0 saturated carbocycles. The molecule has 0 aliphatic heterocycles. The van der Waals surface area contributed by atoms with E-state index in [9.17, 15) is 8.78 Å². The molecule has 2 nitrogen and oxygen atoms in total. The fourth-order valence-corrected chi connectivity index (χ4v) is 1.20. The number of halogens is 3. The summed E-state index contributed by atoms with van der Waals surface area (Å²) in [7, 11) is 0. The van der Waals surface area contributed by atoms with Crippen molar-refractivity contribution >= 4 is 21.6 Å². The Balaban J connectivity index is 2.72. The van der Waals surface area contributed by atoms with Crippen molar-refractivity contribution in [2.24, 2.45) is 0 Å². The van der Waals surface area contributed by atoms with Crippen LogP contribution in [-0.2, 0) is 0 Å². The summed E-state index contributed by atoms with van der Waals surface area (Å²) in [6, 6.07) is 4.80. The molecule has 0 aliphatic rings. The van der Waals surface area contributed by atoms with Crippen LogP contribution in [0.2, 0.25) is 0 Å². The maximum Gasteiger partial charge on any atom is 0.278 e. The first-order chi connectivity index (χ1) is 6.38. The number of hydrogen-bond donors (Lipinski definition) is 1. The summed E-state index contributed by atoms with van der Waals surface area (Å²) in [6.07, 6.45) is 0. The number of ether oxygens (including phenoxy) is 1. The second kappa shape index (κ2) is 4.13. The van der Waals surface area contributed by atoms with Gasteiger partial charge in [-0.15, -0.1) is 0 Å². The smallest absolute Gasteiger partial charge is 0.278 e. The number of alkyl halides is 2. The van der Waals surface area contributed by atoms with E-state index in [1.54, 1.807) is 12.1 Å². The summed E-state index contributed by atoms with van der Waals surface area (Å²) in [5, 5.41) is 0. The van der Waals surface area contributed by atoms with Crippen molar-refractivity contribution in [2.75, 3.05) is 12.3 Å². The Bertz CT molecular complexity index is 325. The zero-order chi connectivity index (χ0) is 10.8. The van der Waals surface area contributed by atoms with Crippen LogP contribution in [0.25, 0.3) is 0 Å². The molecule has 2 N–H and O–H groups in total. The van der Waals surface area contributed by atoms with E-state index in [0.717, 1.165) is 6.92 Å². The molecule has 0 fully saturated rings. The van der Waals surface area contributed by atoms with E-state index in [1.165, 1.54) is 6.07 Å². The molecule has 78 valence electrons. The van der Waals surface area contributed by atoms with Crippen molar-refractivity contribution < 1.29 is 13.5 Å². The van der Waals surface area contributed by atoms with E-state index in [0.29, 0.717) is 15.9 Å². The summed E-state index contributed by atoms with van der Waals surface area (Å²) < 4.78 is 30.4. The van der Waals surface area contributed by atoms with Crippen LogP contribution >= 0.6 is 15.9 Å². The first kappa shape index (κ1) is 11.2. The van der Waals surface area contributed by atoms with Crippen LogP contribution in [0, 0.1) is 0 Å². The van der Waals surface area contributed by atoms with Crippen molar-refractivity contribution in [3.8, 4) is 5.75 Å². The number of benzene rings is 1. The number of rotatable bonds is 3. The zero-order valence-corrected chi connectivity index (χ0v) is 9.14. The van der Waals surface area contributed by atoms with Gasteiger partial charge in [0, 0.05) is 18.7 Å². The quantitative estimate of drug-likeness (QED) is 0.853. The van der Waals surface area contributed by atoms with Crippen LogP contribution in [0.1, 0.15) is 6.92 Å². The van der Waals surface area contributed by atoms with Gasteiger partial charge < -0.3 is 10.5 Å². The highest BCUT2D eigenvalue weighted by Crippen LogP contribution is 2.28. The Morgan fingerprint density at radius 3 is 2.71 bits per heavy atom. The number of nitrogen functional groups attached to an aromatic ring is 1. The summed E-state index contributed by atoms with van der Waals surface area (Å²) in [5.41, 5.74) is 5.95. The third-order valence-corrected chi connectivity index (χ3v) is 2.09. The molecular weight excluding hydrogens is 256 g/mol. The van der Waals surface area contributed by atoms with E-state index in [2.05, 4.69) is 15.9 Å². The lowest BCUT2D eigenvalue weighted by Gasteiger charge is -2.13. The number of nitrogens with two attached hydrogens (primary N) is 1. The first-order valence-corrected chi connectivity index (χ1v) is 4.73. The monoisotopic (exact) mass is 265 g/mol. The van der Waals surface area contributed by atoms with Crippen molar-refractivity contribution in [3.05, 3.63) is 22.7 Å². The van der Waals surface area contributed by atoms with Gasteiger partial charge in [0.25, 0.3) is 5.92 Å². The lowest BCUT2D eigenvalue weighted by molar-refractivity contribution is -0.0231. The standard InChI is InChI=1S/C9H10BrF2NO/c1-9(11,12)5-14-8-4-6(13)2-3-7(8)10/h2-4H,5,13H2,1H3. The average molecular weight is 266 g/mol. The summed E-state index contributed by atoms with van der Waals surface area (Å²) in [4.78, 5) is 0.